The van der Waals surface area contributed by atoms with Crippen LogP contribution in [-0.2, 0) is 6.54 Å². The van der Waals surface area contributed by atoms with Gasteiger partial charge in [0.25, 0.3) is 0 Å². The van der Waals surface area contributed by atoms with Crippen LogP contribution in [0.1, 0.15) is 25.3 Å². The highest BCUT2D eigenvalue weighted by Crippen LogP contribution is 2.22. The van der Waals surface area contributed by atoms with Crippen LogP contribution in [0.3, 0.4) is 0 Å². The van der Waals surface area contributed by atoms with Gasteiger partial charge in [-0.25, -0.2) is 0 Å². The molecule has 1 N–H and O–H groups in total. The predicted molar refractivity (Wildman–Crippen MR) is 81.5 cm³/mol. The number of nitrogens with one attached hydrogen (secondary N) is 1. The van der Waals surface area contributed by atoms with E-state index in [0.29, 0.717) is 6.04 Å². The molecular formula is C16H26N2O2. The van der Waals surface area contributed by atoms with Crippen molar-refractivity contribution in [1.82, 2.24) is 10.2 Å². The summed E-state index contributed by atoms with van der Waals surface area (Å²) in [7, 11) is 3.37. The van der Waals surface area contributed by atoms with Crippen molar-refractivity contribution in [3.8, 4) is 11.5 Å². The third kappa shape index (κ3) is 4.39. The zero-order valence-electron chi connectivity index (χ0n) is 12.8. The minimum Gasteiger partial charge on any atom is -0.497 e. The van der Waals surface area contributed by atoms with E-state index in [-0.39, 0.29) is 0 Å². The van der Waals surface area contributed by atoms with Crippen LogP contribution < -0.4 is 14.8 Å². The molecule has 0 radical (unpaired) electrons. The lowest BCUT2D eigenvalue weighted by atomic mass is 10.2. The van der Waals surface area contributed by atoms with E-state index in [1.807, 2.05) is 6.07 Å². The average molecular weight is 278 g/mol. The van der Waals surface area contributed by atoms with Gasteiger partial charge in [-0.05, 0) is 50.6 Å². The monoisotopic (exact) mass is 278 g/mol. The molecule has 1 fully saturated rings. The van der Waals surface area contributed by atoms with Gasteiger partial charge in [-0.3, -0.25) is 0 Å². The van der Waals surface area contributed by atoms with Gasteiger partial charge in [-0.15, -0.1) is 0 Å². The maximum atomic E-state index is 5.30. The maximum absolute atomic E-state index is 5.30. The summed E-state index contributed by atoms with van der Waals surface area (Å²) < 4.78 is 10.6. The topological polar surface area (TPSA) is 33.7 Å². The average Bonchev–Trinajstić information content (AvgIpc) is 2.97. The number of ether oxygens (including phenoxy) is 2. The Morgan fingerprint density at radius 1 is 1.10 bits per heavy atom. The maximum Gasteiger partial charge on any atom is 0.122 e. The van der Waals surface area contributed by atoms with Gasteiger partial charge < -0.3 is 19.7 Å². The lowest BCUT2D eigenvalue weighted by Crippen LogP contribution is -2.37. The predicted octanol–water partition coefficient (Wildman–Crippen LogP) is 2.28. The molecular weight excluding hydrogens is 252 g/mol. The zero-order valence-corrected chi connectivity index (χ0v) is 12.8. The SMILES string of the molecule is COc1cc(CNC(C)CN2CCCC2)cc(OC)c1. The Kier molecular flexibility index (Phi) is 5.68. The third-order valence-corrected chi connectivity index (χ3v) is 3.80. The number of rotatable bonds is 7. The van der Waals surface area contributed by atoms with E-state index in [1.165, 1.54) is 31.5 Å². The number of methoxy groups -OCH3 is 2. The first-order valence-electron chi connectivity index (χ1n) is 7.39. The number of hydrogen-bond acceptors (Lipinski definition) is 4. The number of benzene rings is 1. The van der Waals surface area contributed by atoms with Gasteiger partial charge in [0.15, 0.2) is 0 Å². The van der Waals surface area contributed by atoms with Gasteiger partial charge in [0.1, 0.15) is 11.5 Å². The van der Waals surface area contributed by atoms with Crippen LogP contribution in [-0.4, -0.2) is 44.8 Å². The molecule has 1 heterocycles. The molecule has 1 atom stereocenters. The fraction of sp³-hybridized carbons (Fsp3) is 0.625. The van der Waals surface area contributed by atoms with Crippen molar-refractivity contribution in [1.29, 1.82) is 0 Å². The normalized spacial score (nSPS) is 17.1. The largest absolute Gasteiger partial charge is 0.497 e. The molecule has 4 nitrogen and oxygen atoms in total. The molecule has 112 valence electrons. The second kappa shape index (κ2) is 7.50. The summed E-state index contributed by atoms with van der Waals surface area (Å²) in [6.07, 6.45) is 2.69. The van der Waals surface area contributed by atoms with Crippen LogP contribution >= 0.6 is 0 Å². The summed E-state index contributed by atoms with van der Waals surface area (Å²) in [6, 6.07) is 6.50. The number of nitrogens with zero attached hydrogens (tertiary/aromatic N) is 1. The molecule has 0 saturated carbocycles. The van der Waals surface area contributed by atoms with Gasteiger partial charge >= 0.3 is 0 Å². The molecule has 4 heteroatoms. The Bertz CT molecular complexity index is 395. The Hall–Kier alpha value is -1.26. The van der Waals surface area contributed by atoms with Gasteiger partial charge in [0.05, 0.1) is 14.2 Å². The smallest absolute Gasteiger partial charge is 0.122 e. The van der Waals surface area contributed by atoms with Crippen molar-refractivity contribution in [2.75, 3.05) is 33.9 Å². The summed E-state index contributed by atoms with van der Waals surface area (Å²) >= 11 is 0. The van der Waals surface area contributed by atoms with E-state index >= 15 is 0 Å². The summed E-state index contributed by atoms with van der Waals surface area (Å²) in [5, 5.41) is 3.58. The van der Waals surface area contributed by atoms with E-state index in [9.17, 15) is 0 Å². The fourth-order valence-corrected chi connectivity index (χ4v) is 2.68. The molecule has 1 aliphatic rings. The van der Waals surface area contributed by atoms with Crippen LogP contribution in [0.4, 0.5) is 0 Å². The minimum absolute atomic E-state index is 0.491. The first kappa shape index (κ1) is 15.1. The third-order valence-electron chi connectivity index (χ3n) is 3.80. The molecule has 1 saturated heterocycles. The first-order valence-corrected chi connectivity index (χ1v) is 7.39. The molecule has 2 rings (SSSR count). The van der Waals surface area contributed by atoms with Crippen LogP contribution in [0.15, 0.2) is 18.2 Å². The molecule has 1 aromatic rings. The molecule has 0 spiro atoms. The second-order valence-corrected chi connectivity index (χ2v) is 5.51. The Labute approximate surface area is 122 Å². The van der Waals surface area contributed by atoms with Crippen molar-refractivity contribution >= 4 is 0 Å². The summed E-state index contributed by atoms with van der Waals surface area (Å²) in [4.78, 5) is 2.53. The molecule has 1 aliphatic heterocycles. The van der Waals surface area contributed by atoms with E-state index in [4.69, 9.17) is 9.47 Å². The standard InChI is InChI=1S/C16H26N2O2/c1-13(12-18-6-4-5-7-18)17-11-14-8-15(19-2)10-16(9-14)20-3/h8-10,13,17H,4-7,11-12H2,1-3H3. The summed E-state index contributed by atoms with van der Waals surface area (Å²) in [5.41, 5.74) is 1.19. The minimum atomic E-state index is 0.491. The molecule has 0 aliphatic carbocycles. The highest BCUT2D eigenvalue weighted by molar-refractivity contribution is 5.38. The van der Waals surface area contributed by atoms with Gasteiger partial charge in [0, 0.05) is 25.2 Å². The summed E-state index contributed by atoms with van der Waals surface area (Å²) in [6.45, 7) is 6.71. The van der Waals surface area contributed by atoms with E-state index in [1.54, 1.807) is 14.2 Å². The lowest BCUT2D eigenvalue weighted by molar-refractivity contribution is 0.298. The van der Waals surface area contributed by atoms with Crippen LogP contribution in [0, 0.1) is 0 Å². The van der Waals surface area contributed by atoms with Crippen LogP contribution in [0.25, 0.3) is 0 Å². The number of hydrogen-bond donors (Lipinski definition) is 1. The molecule has 1 unspecified atom stereocenters. The highest BCUT2D eigenvalue weighted by Gasteiger charge is 2.14. The van der Waals surface area contributed by atoms with Crippen LogP contribution in [0.2, 0.25) is 0 Å². The Morgan fingerprint density at radius 2 is 1.70 bits per heavy atom. The molecule has 0 amide bonds. The summed E-state index contributed by atoms with van der Waals surface area (Å²) in [5.74, 6) is 1.68. The number of likely N-dealkylation sites (tertiary alicyclic amines) is 1. The Morgan fingerprint density at radius 3 is 2.25 bits per heavy atom. The van der Waals surface area contributed by atoms with Crippen molar-refractivity contribution in [2.45, 2.75) is 32.4 Å². The van der Waals surface area contributed by atoms with E-state index in [2.05, 4.69) is 29.3 Å². The molecule has 0 aromatic heterocycles. The second-order valence-electron chi connectivity index (χ2n) is 5.51. The zero-order chi connectivity index (χ0) is 14.4. The van der Waals surface area contributed by atoms with Gasteiger partial charge in [-0.2, -0.15) is 0 Å². The van der Waals surface area contributed by atoms with E-state index < -0.39 is 0 Å². The molecule has 0 bridgehead atoms. The molecule has 1 aromatic carbocycles. The van der Waals surface area contributed by atoms with Crippen molar-refractivity contribution in [2.24, 2.45) is 0 Å². The van der Waals surface area contributed by atoms with E-state index in [0.717, 1.165) is 24.6 Å². The van der Waals surface area contributed by atoms with Crippen molar-refractivity contribution < 1.29 is 9.47 Å². The lowest BCUT2D eigenvalue weighted by Gasteiger charge is -2.21. The van der Waals surface area contributed by atoms with Gasteiger partial charge in [-0.1, -0.05) is 0 Å². The Balaban J connectivity index is 1.85. The van der Waals surface area contributed by atoms with Gasteiger partial charge in [0.2, 0.25) is 0 Å². The highest BCUT2D eigenvalue weighted by atomic mass is 16.5. The van der Waals surface area contributed by atoms with Crippen molar-refractivity contribution in [3.05, 3.63) is 23.8 Å². The van der Waals surface area contributed by atoms with Crippen LogP contribution in [0.5, 0.6) is 11.5 Å². The first-order chi connectivity index (χ1) is 9.71. The fourth-order valence-electron chi connectivity index (χ4n) is 2.68. The molecule has 20 heavy (non-hydrogen) atoms. The van der Waals surface area contributed by atoms with Crippen molar-refractivity contribution in [3.63, 3.8) is 0 Å². The quantitative estimate of drug-likeness (QED) is 0.829.